The molecule has 1 aromatic carbocycles. The van der Waals surface area contributed by atoms with Gasteiger partial charge in [-0.2, -0.15) is 0 Å². The average Bonchev–Trinajstić information content (AvgIpc) is 2.53. The predicted molar refractivity (Wildman–Crippen MR) is 83.1 cm³/mol. The van der Waals surface area contributed by atoms with Crippen molar-refractivity contribution in [1.82, 2.24) is 4.90 Å². The van der Waals surface area contributed by atoms with Crippen molar-refractivity contribution in [3.05, 3.63) is 29.8 Å². The molecule has 0 aliphatic carbocycles. The van der Waals surface area contributed by atoms with Crippen LogP contribution in [0.4, 0.5) is 0 Å². The number of carboxylic acids is 1. The Bertz CT molecular complexity index is 512. The summed E-state index contributed by atoms with van der Waals surface area (Å²) < 4.78 is 5.38. The number of nitrogens with zero attached hydrogens (tertiary/aromatic N) is 1. The summed E-state index contributed by atoms with van der Waals surface area (Å²) in [6, 6.07) is 7.19. The first-order valence-corrected chi connectivity index (χ1v) is 7.84. The van der Waals surface area contributed by atoms with Crippen LogP contribution in [0.3, 0.4) is 0 Å². The molecule has 1 unspecified atom stereocenters. The Labute approximate surface area is 130 Å². The second-order valence-electron chi connectivity index (χ2n) is 5.65. The van der Waals surface area contributed by atoms with E-state index < -0.39 is 5.97 Å². The van der Waals surface area contributed by atoms with Crippen molar-refractivity contribution in [2.45, 2.75) is 32.6 Å². The summed E-state index contributed by atoms with van der Waals surface area (Å²) in [7, 11) is 0. The highest BCUT2D eigenvalue weighted by Gasteiger charge is 2.24. The first kappa shape index (κ1) is 16.3. The SMILES string of the molecule is CCOc1ccc(C(=O)N2CCCC(CCC(=O)O)C2)cc1. The Morgan fingerprint density at radius 2 is 2.05 bits per heavy atom. The normalized spacial score (nSPS) is 18.0. The van der Waals surface area contributed by atoms with E-state index in [9.17, 15) is 9.59 Å². The molecule has 0 saturated carbocycles. The lowest BCUT2D eigenvalue weighted by atomic mass is 9.93. The van der Waals surface area contributed by atoms with Gasteiger partial charge in [-0.05, 0) is 56.4 Å². The highest BCUT2D eigenvalue weighted by atomic mass is 16.5. The number of likely N-dealkylation sites (tertiary alicyclic amines) is 1. The zero-order valence-corrected chi connectivity index (χ0v) is 13.0. The van der Waals surface area contributed by atoms with Gasteiger partial charge >= 0.3 is 5.97 Å². The molecule has 1 saturated heterocycles. The van der Waals surface area contributed by atoms with E-state index >= 15 is 0 Å². The van der Waals surface area contributed by atoms with Gasteiger partial charge in [-0.25, -0.2) is 0 Å². The van der Waals surface area contributed by atoms with Gasteiger partial charge < -0.3 is 14.7 Å². The smallest absolute Gasteiger partial charge is 0.303 e. The number of benzene rings is 1. The van der Waals surface area contributed by atoms with E-state index in [-0.39, 0.29) is 18.2 Å². The van der Waals surface area contributed by atoms with Gasteiger partial charge in [0.25, 0.3) is 5.91 Å². The minimum atomic E-state index is -0.769. The van der Waals surface area contributed by atoms with E-state index in [4.69, 9.17) is 9.84 Å². The molecule has 1 aromatic rings. The maximum absolute atomic E-state index is 12.5. The van der Waals surface area contributed by atoms with Gasteiger partial charge in [-0.3, -0.25) is 9.59 Å². The third kappa shape index (κ3) is 4.48. The molecule has 0 spiro atoms. The Balaban J connectivity index is 1.94. The Hall–Kier alpha value is -2.04. The fourth-order valence-electron chi connectivity index (χ4n) is 2.86. The summed E-state index contributed by atoms with van der Waals surface area (Å²) >= 11 is 0. The number of amides is 1. The standard InChI is InChI=1S/C17H23NO4/c1-2-22-15-8-6-14(7-9-15)17(21)18-11-3-4-13(12-18)5-10-16(19)20/h6-9,13H,2-5,10-12H2,1H3,(H,19,20). The molecule has 1 fully saturated rings. The second-order valence-corrected chi connectivity index (χ2v) is 5.65. The van der Waals surface area contributed by atoms with Crippen molar-refractivity contribution < 1.29 is 19.4 Å². The lowest BCUT2D eigenvalue weighted by Gasteiger charge is -2.32. The van der Waals surface area contributed by atoms with Crippen molar-refractivity contribution >= 4 is 11.9 Å². The summed E-state index contributed by atoms with van der Waals surface area (Å²) in [5, 5.41) is 8.77. The van der Waals surface area contributed by atoms with Crippen LogP contribution in [0.15, 0.2) is 24.3 Å². The largest absolute Gasteiger partial charge is 0.494 e. The van der Waals surface area contributed by atoms with Gasteiger partial charge in [-0.15, -0.1) is 0 Å². The second kappa shape index (κ2) is 7.82. The van der Waals surface area contributed by atoms with Crippen LogP contribution in [0.5, 0.6) is 5.75 Å². The Morgan fingerprint density at radius 3 is 2.68 bits per heavy atom. The summed E-state index contributed by atoms with van der Waals surface area (Å²) in [5.74, 6) is 0.298. The van der Waals surface area contributed by atoms with Crippen LogP contribution in [-0.4, -0.2) is 41.6 Å². The zero-order chi connectivity index (χ0) is 15.9. The molecular weight excluding hydrogens is 282 g/mol. The molecule has 1 heterocycles. The predicted octanol–water partition coefficient (Wildman–Crippen LogP) is 2.80. The lowest BCUT2D eigenvalue weighted by molar-refractivity contribution is -0.137. The maximum Gasteiger partial charge on any atom is 0.303 e. The zero-order valence-electron chi connectivity index (χ0n) is 13.0. The number of ether oxygens (including phenoxy) is 1. The van der Waals surface area contributed by atoms with Crippen LogP contribution in [0.25, 0.3) is 0 Å². The Kier molecular flexibility index (Phi) is 5.81. The third-order valence-electron chi connectivity index (χ3n) is 3.98. The molecule has 1 amide bonds. The number of carbonyl (C=O) groups excluding carboxylic acids is 1. The van der Waals surface area contributed by atoms with Gasteiger partial charge in [0.15, 0.2) is 0 Å². The van der Waals surface area contributed by atoms with E-state index in [0.717, 1.165) is 25.1 Å². The number of carbonyl (C=O) groups is 2. The van der Waals surface area contributed by atoms with Crippen LogP contribution < -0.4 is 4.74 Å². The molecule has 0 aromatic heterocycles. The van der Waals surface area contributed by atoms with Crippen molar-refractivity contribution in [1.29, 1.82) is 0 Å². The molecule has 5 nitrogen and oxygen atoms in total. The van der Waals surface area contributed by atoms with Crippen LogP contribution in [0.2, 0.25) is 0 Å². The number of carboxylic acid groups (broad SMARTS) is 1. The number of hydrogen-bond donors (Lipinski definition) is 1. The van der Waals surface area contributed by atoms with Gasteiger partial charge in [-0.1, -0.05) is 0 Å². The molecule has 0 radical (unpaired) electrons. The first-order valence-electron chi connectivity index (χ1n) is 7.84. The van der Waals surface area contributed by atoms with E-state index in [1.807, 2.05) is 24.0 Å². The topological polar surface area (TPSA) is 66.8 Å². The molecular formula is C17H23NO4. The summed E-state index contributed by atoms with van der Waals surface area (Å²) in [6.07, 6.45) is 2.76. The fraction of sp³-hybridized carbons (Fsp3) is 0.529. The lowest BCUT2D eigenvalue weighted by Crippen LogP contribution is -2.40. The van der Waals surface area contributed by atoms with E-state index in [2.05, 4.69) is 0 Å². The third-order valence-corrected chi connectivity index (χ3v) is 3.98. The van der Waals surface area contributed by atoms with Gasteiger partial charge in [0, 0.05) is 25.1 Å². The van der Waals surface area contributed by atoms with Crippen molar-refractivity contribution in [2.75, 3.05) is 19.7 Å². The highest BCUT2D eigenvalue weighted by molar-refractivity contribution is 5.94. The highest BCUT2D eigenvalue weighted by Crippen LogP contribution is 2.23. The fourth-order valence-corrected chi connectivity index (χ4v) is 2.86. The molecule has 2 rings (SSSR count). The quantitative estimate of drug-likeness (QED) is 0.877. The molecule has 1 aliphatic rings. The van der Waals surface area contributed by atoms with Gasteiger partial charge in [0.1, 0.15) is 5.75 Å². The van der Waals surface area contributed by atoms with Gasteiger partial charge in [0.2, 0.25) is 0 Å². The molecule has 1 atom stereocenters. The molecule has 1 N–H and O–H groups in total. The van der Waals surface area contributed by atoms with Crippen molar-refractivity contribution in [3.63, 3.8) is 0 Å². The van der Waals surface area contributed by atoms with Gasteiger partial charge in [0.05, 0.1) is 6.61 Å². The molecule has 5 heteroatoms. The number of aliphatic carboxylic acids is 1. The maximum atomic E-state index is 12.5. The molecule has 120 valence electrons. The van der Waals surface area contributed by atoms with Crippen LogP contribution in [0, 0.1) is 5.92 Å². The van der Waals surface area contributed by atoms with Crippen molar-refractivity contribution in [3.8, 4) is 5.75 Å². The van der Waals surface area contributed by atoms with Crippen molar-refractivity contribution in [2.24, 2.45) is 5.92 Å². The van der Waals surface area contributed by atoms with Crippen LogP contribution >= 0.6 is 0 Å². The molecule has 22 heavy (non-hydrogen) atoms. The summed E-state index contributed by atoms with van der Waals surface area (Å²) in [6.45, 7) is 3.92. The summed E-state index contributed by atoms with van der Waals surface area (Å²) in [5.41, 5.74) is 0.655. The van der Waals surface area contributed by atoms with Crippen LogP contribution in [-0.2, 0) is 4.79 Å². The Morgan fingerprint density at radius 1 is 1.32 bits per heavy atom. The monoisotopic (exact) mass is 305 g/mol. The average molecular weight is 305 g/mol. The minimum Gasteiger partial charge on any atom is -0.494 e. The van der Waals surface area contributed by atoms with Crippen LogP contribution in [0.1, 0.15) is 43.0 Å². The molecule has 0 bridgehead atoms. The first-order chi connectivity index (χ1) is 10.6. The number of rotatable bonds is 6. The molecule has 1 aliphatic heterocycles. The summed E-state index contributed by atoms with van der Waals surface area (Å²) in [4.78, 5) is 25.0. The number of piperidine rings is 1. The van der Waals surface area contributed by atoms with E-state index in [1.54, 1.807) is 12.1 Å². The van der Waals surface area contributed by atoms with E-state index in [1.165, 1.54) is 0 Å². The number of hydrogen-bond acceptors (Lipinski definition) is 3. The minimum absolute atomic E-state index is 0.0167. The van der Waals surface area contributed by atoms with E-state index in [0.29, 0.717) is 25.1 Å².